The molecule has 2 atom stereocenters. The summed E-state index contributed by atoms with van der Waals surface area (Å²) in [4.78, 5) is 58.4. The van der Waals surface area contributed by atoms with Gasteiger partial charge in [0.1, 0.15) is 30.7 Å². The van der Waals surface area contributed by atoms with E-state index >= 15 is 0 Å². The first-order valence-electron chi connectivity index (χ1n) is 14.2. The SMILES string of the molecule is CC(C)(C)[C@H](c1nc(-c2cc(F)ccc2F)c[nH]1)N(CC[C@@H](CF)NC(=O)CCCCCN1C(=O)C=CC1=O)C(=O)CO. The molecule has 2 aromatic rings. The van der Waals surface area contributed by atoms with Gasteiger partial charge in [0.05, 0.1) is 17.8 Å². The zero-order valence-electron chi connectivity index (χ0n) is 24.5. The third kappa shape index (κ3) is 8.99. The molecule has 0 saturated carbocycles. The number of aromatic nitrogens is 2. The number of nitrogens with one attached hydrogen (secondary N) is 2. The Morgan fingerprint density at radius 2 is 1.81 bits per heavy atom. The predicted octanol–water partition coefficient (Wildman–Crippen LogP) is 3.59. The molecule has 3 rings (SSSR count). The van der Waals surface area contributed by atoms with Crippen molar-refractivity contribution in [3.05, 3.63) is 54.0 Å². The number of aromatic amines is 1. The van der Waals surface area contributed by atoms with E-state index in [0.717, 1.165) is 23.1 Å². The third-order valence-electron chi connectivity index (χ3n) is 7.10. The molecule has 0 saturated heterocycles. The van der Waals surface area contributed by atoms with E-state index in [1.54, 1.807) is 0 Å². The molecule has 0 bridgehead atoms. The summed E-state index contributed by atoms with van der Waals surface area (Å²) in [6.45, 7) is 4.02. The Morgan fingerprint density at radius 3 is 2.44 bits per heavy atom. The topological polar surface area (TPSA) is 136 Å². The van der Waals surface area contributed by atoms with Crippen LogP contribution in [0.3, 0.4) is 0 Å². The maximum absolute atomic E-state index is 14.4. The van der Waals surface area contributed by atoms with E-state index in [4.69, 9.17) is 0 Å². The number of hydrogen-bond donors (Lipinski definition) is 3. The fourth-order valence-corrected chi connectivity index (χ4v) is 4.99. The zero-order valence-corrected chi connectivity index (χ0v) is 24.5. The van der Waals surface area contributed by atoms with Gasteiger partial charge in [-0.05, 0) is 42.9 Å². The normalized spacial score (nSPS) is 14.7. The smallest absolute Gasteiger partial charge is 0.253 e. The second-order valence-corrected chi connectivity index (χ2v) is 11.5. The van der Waals surface area contributed by atoms with E-state index in [0.29, 0.717) is 19.3 Å². The summed E-state index contributed by atoms with van der Waals surface area (Å²) in [6.07, 6.45) is 5.58. The molecule has 0 unspecified atom stereocenters. The molecule has 234 valence electrons. The Morgan fingerprint density at radius 1 is 1.12 bits per heavy atom. The van der Waals surface area contributed by atoms with Crippen LogP contribution in [0.2, 0.25) is 0 Å². The largest absolute Gasteiger partial charge is 0.387 e. The zero-order chi connectivity index (χ0) is 31.7. The van der Waals surface area contributed by atoms with Gasteiger partial charge in [-0.15, -0.1) is 0 Å². The van der Waals surface area contributed by atoms with E-state index < -0.39 is 48.3 Å². The van der Waals surface area contributed by atoms with Crippen molar-refractivity contribution < 1.29 is 37.5 Å². The standard InChI is InChI=1S/C30H38F3N5O5/c1-30(2,3)28(29-34-17-23(36-29)21-15-19(32)8-9-22(21)33)38(27(43)18-39)14-12-20(16-31)35-24(40)7-5-4-6-13-37-25(41)10-11-26(37)42/h8-11,15,17,20,28,39H,4-7,12-14,16,18H2,1-3H3,(H,34,36)(H,35,40)/t20-,28-/m0/s1. The highest BCUT2D eigenvalue weighted by Gasteiger charge is 2.37. The summed E-state index contributed by atoms with van der Waals surface area (Å²) in [7, 11) is 0. The van der Waals surface area contributed by atoms with Crippen LogP contribution in [0.15, 0.2) is 36.5 Å². The van der Waals surface area contributed by atoms with Gasteiger partial charge in [-0.3, -0.25) is 24.1 Å². The minimum atomic E-state index is -0.901. The van der Waals surface area contributed by atoms with Crippen LogP contribution in [0.1, 0.15) is 64.7 Å². The van der Waals surface area contributed by atoms with E-state index in [2.05, 4.69) is 15.3 Å². The first-order valence-corrected chi connectivity index (χ1v) is 14.2. The van der Waals surface area contributed by atoms with Crippen molar-refractivity contribution in [1.82, 2.24) is 25.1 Å². The molecule has 0 radical (unpaired) electrons. The highest BCUT2D eigenvalue weighted by molar-refractivity contribution is 6.12. The van der Waals surface area contributed by atoms with Crippen LogP contribution in [-0.2, 0) is 19.2 Å². The number of imidazole rings is 1. The fraction of sp³-hybridized carbons (Fsp3) is 0.500. The van der Waals surface area contributed by atoms with Gasteiger partial charge in [0.2, 0.25) is 11.8 Å². The van der Waals surface area contributed by atoms with Crippen molar-refractivity contribution >= 4 is 23.6 Å². The van der Waals surface area contributed by atoms with E-state index in [1.807, 2.05) is 20.8 Å². The molecule has 1 aliphatic heterocycles. The Kier molecular flexibility index (Phi) is 11.6. The monoisotopic (exact) mass is 605 g/mol. The predicted molar refractivity (Wildman–Crippen MR) is 152 cm³/mol. The van der Waals surface area contributed by atoms with Crippen LogP contribution >= 0.6 is 0 Å². The molecular formula is C30H38F3N5O5. The molecule has 2 heterocycles. The van der Waals surface area contributed by atoms with Gasteiger partial charge in [-0.2, -0.15) is 0 Å². The maximum atomic E-state index is 14.4. The molecule has 0 fully saturated rings. The number of H-pyrrole nitrogens is 1. The average molecular weight is 606 g/mol. The first kappa shape index (κ1) is 33.5. The number of nitrogens with zero attached hydrogens (tertiary/aromatic N) is 3. The van der Waals surface area contributed by atoms with Gasteiger partial charge < -0.3 is 20.3 Å². The summed E-state index contributed by atoms with van der Waals surface area (Å²) in [5.41, 5.74) is -0.595. The number of carbonyl (C=O) groups excluding carboxylic acids is 4. The maximum Gasteiger partial charge on any atom is 0.253 e. The molecule has 4 amide bonds. The summed E-state index contributed by atoms with van der Waals surface area (Å²) < 4.78 is 42.1. The van der Waals surface area contributed by atoms with Gasteiger partial charge in [-0.1, -0.05) is 27.2 Å². The first-order chi connectivity index (χ1) is 20.3. The van der Waals surface area contributed by atoms with Crippen molar-refractivity contribution in [3.8, 4) is 11.3 Å². The van der Waals surface area contributed by atoms with Crippen molar-refractivity contribution in [2.75, 3.05) is 26.4 Å². The number of aliphatic hydroxyl groups is 1. The molecule has 1 aromatic carbocycles. The molecule has 43 heavy (non-hydrogen) atoms. The third-order valence-corrected chi connectivity index (χ3v) is 7.10. The number of amides is 4. The van der Waals surface area contributed by atoms with Crippen LogP contribution in [0, 0.1) is 17.0 Å². The van der Waals surface area contributed by atoms with Crippen molar-refractivity contribution in [1.29, 1.82) is 0 Å². The van der Waals surface area contributed by atoms with E-state index in [9.17, 15) is 37.5 Å². The molecular weight excluding hydrogens is 567 g/mol. The van der Waals surface area contributed by atoms with Crippen LogP contribution < -0.4 is 5.32 Å². The lowest BCUT2D eigenvalue weighted by Gasteiger charge is -2.39. The van der Waals surface area contributed by atoms with Crippen LogP contribution in [0.5, 0.6) is 0 Å². The summed E-state index contributed by atoms with van der Waals surface area (Å²) >= 11 is 0. The number of aliphatic hydroxyl groups excluding tert-OH is 1. The number of benzene rings is 1. The summed E-state index contributed by atoms with van der Waals surface area (Å²) in [5, 5.41) is 12.4. The number of rotatable bonds is 15. The fourth-order valence-electron chi connectivity index (χ4n) is 4.99. The Hall–Kier alpha value is -4.00. The van der Waals surface area contributed by atoms with E-state index in [-0.39, 0.29) is 60.7 Å². The van der Waals surface area contributed by atoms with Gasteiger partial charge in [0, 0.05) is 43.4 Å². The molecule has 13 heteroatoms. The summed E-state index contributed by atoms with van der Waals surface area (Å²) in [6, 6.07) is 1.33. The quantitative estimate of drug-likeness (QED) is 0.210. The van der Waals surface area contributed by atoms with Gasteiger partial charge >= 0.3 is 0 Å². The molecule has 1 aliphatic rings. The second kappa shape index (κ2) is 14.9. The highest BCUT2D eigenvalue weighted by atomic mass is 19.1. The number of unbranched alkanes of at least 4 members (excludes halogenated alkanes) is 2. The number of carbonyl (C=O) groups is 4. The van der Waals surface area contributed by atoms with E-state index in [1.165, 1.54) is 23.2 Å². The lowest BCUT2D eigenvalue weighted by molar-refractivity contribution is -0.140. The summed E-state index contributed by atoms with van der Waals surface area (Å²) in [5.74, 6) is -2.79. The minimum Gasteiger partial charge on any atom is -0.387 e. The molecule has 0 aliphatic carbocycles. The molecule has 3 N–H and O–H groups in total. The lowest BCUT2D eigenvalue weighted by Crippen LogP contribution is -2.46. The number of alkyl halides is 1. The molecule has 1 aromatic heterocycles. The Bertz CT molecular complexity index is 1320. The molecule has 10 nitrogen and oxygen atoms in total. The number of hydrogen-bond acceptors (Lipinski definition) is 6. The van der Waals surface area contributed by atoms with Gasteiger partial charge in [0.15, 0.2) is 0 Å². The van der Waals surface area contributed by atoms with Crippen LogP contribution in [0.4, 0.5) is 13.2 Å². The van der Waals surface area contributed by atoms with Crippen molar-refractivity contribution in [2.45, 2.75) is 65.0 Å². The molecule has 0 spiro atoms. The lowest BCUT2D eigenvalue weighted by atomic mass is 9.84. The minimum absolute atomic E-state index is 0.0352. The van der Waals surface area contributed by atoms with Crippen LogP contribution in [-0.4, -0.2) is 80.9 Å². The number of imide groups is 1. The number of halogens is 3. The second-order valence-electron chi connectivity index (χ2n) is 11.5. The average Bonchev–Trinajstić information content (AvgIpc) is 3.56. The van der Waals surface area contributed by atoms with Crippen molar-refractivity contribution in [2.24, 2.45) is 5.41 Å². The highest BCUT2D eigenvalue weighted by Crippen LogP contribution is 2.38. The van der Waals surface area contributed by atoms with Gasteiger partial charge in [0.25, 0.3) is 11.8 Å². The van der Waals surface area contributed by atoms with Crippen molar-refractivity contribution in [3.63, 3.8) is 0 Å². The Balaban J connectivity index is 1.62. The Labute approximate surface area is 248 Å². The van der Waals surface area contributed by atoms with Gasteiger partial charge in [-0.25, -0.2) is 18.2 Å². The van der Waals surface area contributed by atoms with Crippen LogP contribution in [0.25, 0.3) is 11.3 Å².